The fraction of sp³-hybridized carbons (Fsp3) is 0.667. The number of hydrogen-bond donors (Lipinski definition) is 3. The number of cyclic esters (lactones) is 1. The SMILES string of the molecule is CC(=O)N[C@@H]1[C@H](NC(C)=O)C(=O)O[C@@H]1CO. The number of carbonyl (C=O) groups is 3. The van der Waals surface area contributed by atoms with E-state index in [0.29, 0.717) is 0 Å². The van der Waals surface area contributed by atoms with Gasteiger partial charge in [0.1, 0.15) is 6.10 Å². The van der Waals surface area contributed by atoms with Gasteiger partial charge in [0.05, 0.1) is 12.6 Å². The molecule has 0 radical (unpaired) electrons. The third-order valence-electron chi connectivity index (χ3n) is 2.19. The van der Waals surface area contributed by atoms with Gasteiger partial charge in [-0.2, -0.15) is 0 Å². The molecule has 0 aromatic rings. The molecule has 0 unspecified atom stereocenters. The molecule has 7 heteroatoms. The average molecular weight is 230 g/mol. The number of hydrogen-bond acceptors (Lipinski definition) is 5. The maximum atomic E-state index is 11.4. The van der Waals surface area contributed by atoms with Crippen LogP contribution in [0.4, 0.5) is 0 Å². The highest BCUT2D eigenvalue weighted by Crippen LogP contribution is 2.15. The van der Waals surface area contributed by atoms with Gasteiger partial charge in [-0.25, -0.2) is 4.79 Å². The summed E-state index contributed by atoms with van der Waals surface area (Å²) in [6.45, 7) is 2.12. The van der Waals surface area contributed by atoms with Crippen LogP contribution in [0.1, 0.15) is 13.8 Å². The number of ether oxygens (including phenoxy) is 1. The van der Waals surface area contributed by atoms with Gasteiger partial charge in [-0.3, -0.25) is 9.59 Å². The first kappa shape index (κ1) is 12.4. The van der Waals surface area contributed by atoms with Crippen molar-refractivity contribution in [1.82, 2.24) is 10.6 Å². The molecule has 0 aromatic heterocycles. The van der Waals surface area contributed by atoms with Crippen LogP contribution in [0.3, 0.4) is 0 Å². The predicted molar refractivity (Wildman–Crippen MR) is 52.2 cm³/mol. The zero-order chi connectivity index (χ0) is 12.3. The fourth-order valence-electron chi connectivity index (χ4n) is 1.59. The molecule has 1 fully saturated rings. The van der Waals surface area contributed by atoms with Gasteiger partial charge in [0, 0.05) is 13.8 Å². The highest BCUT2D eigenvalue weighted by Gasteiger charge is 2.45. The van der Waals surface area contributed by atoms with E-state index >= 15 is 0 Å². The minimum atomic E-state index is -0.946. The first-order valence-electron chi connectivity index (χ1n) is 4.81. The van der Waals surface area contributed by atoms with E-state index in [2.05, 4.69) is 10.6 Å². The van der Waals surface area contributed by atoms with Crippen LogP contribution in [0.5, 0.6) is 0 Å². The lowest BCUT2D eigenvalue weighted by molar-refractivity contribution is -0.145. The second-order valence-electron chi connectivity index (χ2n) is 3.56. The zero-order valence-electron chi connectivity index (χ0n) is 9.02. The van der Waals surface area contributed by atoms with Crippen molar-refractivity contribution >= 4 is 17.8 Å². The molecule has 1 heterocycles. The van der Waals surface area contributed by atoms with Crippen molar-refractivity contribution in [3.05, 3.63) is 0 Å². The van der Waals surface area contributed by atoms with Crippen LogP contribution in [0.25, 0.3) is 0 Å². The van der Waals surface area contributed by atoms with Crippen molar-refractivity contribution in [3.8, 4) is 0 Å². The van der Waals surface area contributed by atoms with Crippen LogP contribution in [0, 0.1) is 0 Å². The van der Waals surface area contributed by atoms with Crippen molar-refractivity contribution < 1.29 is 24.2 Å². The van der Waals surface area contributed by atoms with Gasteiger partial charge >= 0.3 is 5.97 Å². The van der Waals surface area contributed by atoms with E-state index in [9.17, 15) is 14.4 Å². The summed E-state index contributed by atoms with van der Waals surface area (Å²) in [5.74, 6) is -1.43. The third kappa shape index (κ3) is 2.69. The minimum Gasteiger partial charge on any atom is -0.456 e. The van der Waals surface area contributed by atoms with Crippen LogP contribution >= 0.6 is 0 Å². The Morgan fingerprint density at radius 2 is 1.88 bits per heavy atom. The molecule has 0 saturated carbocycles. The van der Waals surface area contributed by atoms with E-state index in [1.54, 1.807) is 0 Å². The molecular formula is C9H14N2O5. The van der Waals surface area contributed by atoms with Crippen molar-refractivity contribution in [3.63, 3.8) is 0 Å². The van der Waals surface area contributed by atoms with Crippen molar-refractivity contribution in [2.45, 2.75) is 32.0 Å². The quantitative estimate of drug-likeness (QED) is 0.482. The first-order valence-corrected chi connectivity index (χ1v) is 4.81. The van der Waals surface area contributed by atoms with E-state index in [4.69, 9.17) is 9.84 Å². The van der Waals surface area contributed by atoms with E-state index < -0.39 is 36.7 Å². The molecule has 3 N–H and O–H groups in total. The Bertz CT molecular complexity index is 317. The van der Waals surface area contributed by atoms with Crippen molar-refractivity contribution in [2.75, 3.05) is 6.61 Å². The largest absolute Gasteiger partial charge is 0.456 e. The van der Waals surface area contributed by atoms with Gasteiger partial charge in [0.25, 0.3) is 0 Å². The Balaban J connectivity index is 2.80. The summed E-state index contributed by atoms with van der Waals surface area (Å²) in [5.41, 5.74) is 0. The number of aliphatic hydroxyl groups excluding tert-OH is 1. The number of carbonyl (C=O) groups excluding carboxylic acids is 3. The Morgan fingerprint density at radius 3 is 2.31 bits per heavy atom. The summed E-state index contributed by atoms with van der Waals surface area (Å²) in [5, 5.41) is 13.8. The molecule has 0 spiro atoms. The summed E-state index contributed by atoms with van der Waals surface area (Å²) in [4.78, 5) is 33.2. The molecule has 0 aromatic carbocycles. The van der Waals surface area contributed by atoms with Gasteiger partial charge in [-0.1, -0.05) is 0 Å². The third-order valence-corrected chi connectivity index (χ3v) is 2.19. The van der Waals surface area contributed by atoms with Crippen LogP contribution in [0.2, 0.25) is 0 Å². The first-order chi connectivity index (χ1) is 7.45. The lowest BCUT2D eigenvalue weighted by Crippen LogP contribution is -2.54. The van der Waals surface area contributed by atoms with E-state index in [1.165, 1.54) is 13.8 Å². The number of esters is 1. The smallest absolute Gasteiger partial charge is 0.331 e. The molecule has 1 aliphatic rings. The topological polar surface area (TPSA) is 105 Å². The molecule has 90 valence electrons. The molecule has 1 rings (SSSR count). The van der Waals surface area contributed by atoms with Crippen LogP contribution < -0.4 is 10.6 Å². The van der Waals surface area contributed by atoms with Crippen LogP contribution in [-0.4, -0.2) is 47.7 Å². The second kappa shape index (κ2) is 4.93. The zero-order valence-corrected chi connectivity index (χ0v) is 9.02. The van der Waals surface area contributed by atoms with Gasteiger partial charge in [0.15, 0.2) is 6.04 Å². The summed E-state index contributed by atoms with van der Waals surface area (Å²) < 4.78 is 4.82. The maximum Gasteiger partial charge on any atom is 0.331 e. The average Bonchev–Trinajstić information content (AvgIpc) is 2.44. The molecule has 16 heavy (non-hydrogen) atoms. The highest BCUT2D eigenvalue weighted by molar-refractivity contribution is 5.87. The Labute approximate surface area is 92.1 Å². The molecular weight excluding hydrogens is 216 g/mol. The van der Waals surface area contributed by atoms with E-state index in [-0.39, 0.29) is 5.91 Å². The molecule has 1 saturated heterocycles. The number of nitrogens with one attached hydrogen (secondary N) is 2. The summed E-state index contributed by atoms with van der Waals surface area (Å²) >= 11 is 0. The fourth-order valence-corrected chi connectivity index (χ4v) is 1.59. The van der Waals surface area contributed by atoms with Gasteiger partial charge in [-0.05, 0) is 0 Å². The summed E-state index contributed by atoms with van der Waals surface area (Å²) in [6.07, 6.45) is -0.826. The van der Waals surface area contributed by atoms with Crippen molar-refractivity contribution in [1.29, 1.82) is 0 Å². The Hall–Kier alpha value is -1.63. The molecule has 7 nitrogen and oxygen atoms in total. The standard InChI is InChI=1S/C9H14N2O5/c1-4(13)10-7-6(3-12)16-9(15)8(7)11-5(2)14/h6-8,12H,3H2,1-2H3,(H,10,13)(H,11,14)/t6-,7+,8+/m1/s1. The summed E-state index contributed by atoms with van der Waals surface area (Å²) in [6, 6.07) is -1.68. The Morgan fingerprint density at radius 1 is 1.31 bits per heavy atom. The van der Waals surface area contributed by atoms with Gasteiger partial charge in [0.2, 0.25) is 11.8 Å². The minimum absolute atomic E-state index is 0.364. The molecule has 0 bridgehead atoms. The molecule has 1 aliphatic heterocycles. The van der Waals surface area contributed by atoms with E-state index in [0.717, 1.165) is 0 Å². The molecule has 2 amide bonds. The van der Waals surface area contributed by atoms with Crippen LogP contribution in [-0.2, 0) is 19.1 Å². The number of aliphatic hydroxyl groups is 1. The molecule has 0 aliphatic carbocycles. The monoisotopic (exact) mass is 230 g/mol. The lowest BCUT2D eigenvalue weighted by Gasteiger charge is -2.20. The Kier molecular flexibility index (Phi) is 3.83. The van der Waals surface area contributed by atoms with Gasteiger partial charge < -0.3 is 20.5 Å². The predicted octanol–water partition coefficient (Wildman–Crippen LogP) is -2.09. The highest BCUT2D eigenvalue weighted by atomic mass is 16.6. The van der Waals surface area contributed by atoms with Gasteiger partial charge in [-0.15, -0.1) is 0 Å². The second-order valence-corrected chi connectivity index (χ2v) is 3.56. The molecule has 3 atom stereocenters. The van der Waals surface area contributed by atoms with Crippen LogP contribution in [0.15, 0.2) is 0 Å². The normalized spacial score (nSPS) is 28.4. The number of rotatable bonds is 3. The number of amides is 2. The summed E-state index contributed by atoms with van der Waals surface area (Å²) in [7, 11) is 0. The lowest BCUT2D eigenvalue weighted by atomic mass is 10.1. The van der Waals surface area contributed by atoms with E-state index in [1.807, 2.05) is 0 Å². The maximum absolute atomic E-state index is 11.4. The van der Waals surface area contributed by atoms with Crippen molar-refractivity contribution in [2.24, 2.45) is 0 Å².